The lowest BCUT2D eigenvalue weighted by molar-refractivity contribution is 0.670. The summed E-state index contributed by atoms with van der Waals surface area (Å²) >= 11 is 0. The fourth-order valence-corrected chi connectivity index (χ4v) is 7.61. The van der Waals surface area contributed by atoms with Crippen LogP contribution in [0.1, 0.15) is 23.7 Å². The van der Waals surface area contributed by atoms with E-state index in [1.807, 2.05) is 36.4 Å². The Morgan fingerprint density at radius 3 is 1.92 bits per heavy atom. The first-order valence-electron chi connectivity index (χ1n) is 17.4. The minimum Gasteiger partial charge on any atom is -0.455 e. The molecule has 9 aromatic rings. The molecule has 51 heavy (non-hydrogen) atoms. The van der Waals surface area contributed by atoms with Crippen LogP contribution in [-0.2, 0) is 0 Å². The monoisotopic (exact) mass is 653 g/mol. The van der Waals surface area contributed by atoms with Gasteiger partial charge in [-0.2, -0.15) is 0 Å². The first-order chi connectivity index (χ1) is 25.3. The van der Waals surface area contributed by atoms with Crippen molar-refractivity contribution in [2.45, 2.75) is 12.3 Å². The molecule has 0 amide bonds. The lowest BCUT2D eigenvalue weighted by Gasteiger charge is -2.20. The van der Waals surface area contributed by atoms with E-state index in [1.165, 1.54) is 27.1 Å². The van der Waals surface area contributed by atoms with Crippen LogP contribution in [0.5, 0.6) is 0 Å². The number of hydrogen-bond acceptors (Lipinski definition) is 4. The molecule has 0 saturated carbocycles. The highest BCUT2D eigenvalue weighted by atomic mass is 16.3. The highest BCUT2D eigenvalue weighted by Crippen LogP contribution is 2.42. The second-order valence-electron chi connectivity index (χ2n) is 13.1. The van der Waals surface area contributed by atoms with Gasteiger partial charge in [-0.15, -0.1) is 0 Å². The Hall–Kier alpha value is -6.65. The van der Waals surface area contributed by atoms with Crippen LogP contribution in [-0.4, -0.2) is 15.0 Å². The van der Waals surface area contributed by atoms with Crippen molar-refractivity contribution >= 4 is 49.1 Å². The largest absolute Gasteiger partial charge is 0.455 e. The fourth-order valence-electron chi connectivity index (χ4n) is 7.61. The molecule has 0 fully saturated rings. The van der Waals surface area contributed by atoms with Gasteiger partial charge in [0.2, 0.25) is 0 Å². The third-order valence-electron chi connectivity index (χ3n) is 10.1. The van der Waals surface area contributed by atoms with Crippen LogP contribution in [0.4, 0.5) is 0 Å². The summed E-state index contributed by atoms with van der Waals surface area (Å²) in [7, 11) is 0. The Bertz CT molecular complexity index is 2830. The molecule has 0 saturated heterocycles. The minimum atomic E-state index is 0.237. The molecule has 4 heteroatoms. The average Bonchev–Trinajstić information content (AvgIpc) is 3.61. The van der Waals surface area contributed by atoms with Crippen LogP contribution in [0.25, 0.3) is 83.0 Å². The van der Waals surface area contributed by atoms with Crippen LogP contribution < -0.4 is 0 Å². The number of allylic oxidation sites excluding steroid dienone is 4. The van der Waals surface area contributed by atoms with Crippen LogP contribution >= 0.6 is 0 Å². The van der Waals surface area contributed by atoms with Gasteiger partial charge < -0.3 is 4.42 Å². The Kier molecular flexibility index (Phi) is 6.91. The number of para-hydroxylation sites is 1. The van der Waals surface area contributed by atoms with Crippen LogP contribution in [0, 0.1) is 0 Å². The Labute approximate surface area is 295 Å². The fraction of sp³-hybridized carbons (Fsp3) is 0.0426. The average molecular weight is 654 g/mol. The summed E-state index contributed by atoms with van der Waals surface area (Å²) in [6.07, 6.45) is 7.63. The number of nitrogens with zero attached hydrogens (tertiary/aromatic N) is 3. The van der Waals surface area contributed by atoms with Crippen LogP contribution in [0.15, 0.2) is 174 Å². The van der Waals surface area contributed by atoms with E-state index in [9.17, 15) is 0 Å². The van der Waals surface area contributed by atoms with Gasteiger partial charge in [-0.05, 0) is 63.4 Å². The van der Waals surface area contributed by atoms with Crippen molar-refractivity contribution in [2.75, 3.05) is 0 Å². The number of rotatable bonds is 5. The van der Waals surface area contributed by atoms with Crippen molar-refractivity contribution in [3.05, 3.63) is 181 Å². The van der Waals surface area contributed by atoms with Crippen molar-refractivity contribution in [3.63, 3.8) is 0 Å². The van der Waals surface area contributed by atoms with Gasteiger partial charge in [-0.25, -0.2) is 15.0 Å². The molecule has 0 spiro atoms. The van der Waals surface area contributed by atoms with Crippen molar-refractivity contribution in [3.8, 4) is 33.9 Å². The third kappa shape index (κ3) is 5.03. The minimum absolute atomic E-state index is 0.237. The summed E-state index contributed by atoms with van der Waals surface area (Å²) in [5.41, 5.74) is 7.98. The first-order valence-corrected chi connectivity index (χ1v) is 17.4. The second kappa shape index (κ2) is 12.0. The number of benzene rings is 7. The van der Waals surface area contributed by atoms with E-state index in [0.29, 0.717) is 17.5 Å². The maximum atomic E-state index is 6.58. The van der Waals surface area contributed by atoms with E-state index in [-0.39, 0.29) is 5.92 Å². The molecule has 4 nitrogen and oxygen atoms in total. The highest BCUT2D eigenvalue weighted by molar-refractivity contribution is 6.16. The molecular weight excluding hydrogens is 623 g/mol. The molecule has 1 aliphatic carbocycles. The summed E-state index contributed by atoms with van der Waals surface area (Å²) in [6, 6.07) is 52.8. The van der Waals surface area contributed by atoms with Crippen molar-refractivity contribution in [1.82, 2.24) is 15.0 Å². The Balaban J connectivity index is 1.11. The van der Waals surface area contributed by atoms with Gasteiger partial charge in [-0.3, -0.25) is 0 Å². The number of fused-ring (bicyclic) bond motifs is 6. The second-order valence-corrected chi connectivity index (χ2v) is 13.1. The molecule has 0 aliphatic heterocycles. The zero-order valence-corrected chi connectivity index (χ0v) is 27.7. The highest BCUT2D eigenvalue weighted by Gasteiger charge is 2.22. The predicted molar refractivity (Wildman–Crippen MR) is 209 cm³/mol. The molecule has 7 aromatic carbocycles. The van der Waals surface area contributed by atoms with Crippen molar-refractivity contribution in [2.24, 2.45) is 0 Å². The molecule has 10 rings (SSSR count). The Morgan fingerprint density at radius 1 is 0.510 bits per heavy atom. The van der Waals surface area contributed by atoms with E-state index >= 15 is 0 Å². The van der Waals surface area contributed by atoms with Crippen molar-refractivity contribution in [1.29, 1.82) is 0 Å². The molecule has 240 valence electrons. The summed E-state index contributed by atoms with van der Waals surface area (Å²) in [5.74, 6) is 2.15. The van der Waals surface area contributed by atoms with Crippen LogP contribution in [0.2, 0.25) is 0 Å². The molecule has 0 bridgehead atoms. The smallest absolute Gasteiger partial charge is 0.164 e. The molecule has 2 aromatic heterocycles. The molecule has 0 N–H and O–H groups in total. The van der Waals surface area contributed by atoms with Gasteiger partial charge in [-0.1, -0.05) is 146 Å². The van der Waals surface area contributed by atoms with Gasteiger partial charge in [0.15, 0.2) is 17.5 Å². The maximum absolute atomic E-state index is 6.58. The molecule has 1 atom stereocenters. The normalized spacial score (nSPS) is 14.4. The quantitative estimate of drug-likeness (QED) is 0.173. The summed E-state index contributed by atoms with van der Waals surface area (Å²) < 4.78 is 6.58. The van der Waals surface area contributed by atoms with Crippen LogP contribution in [0.3, 0.4) is 0 Å². The zero-order chi connectivity index (χ0) is 33.7. The molecule has 0 radical (unpaired) electrons. The van der Waals surface area contributed by atoms with Gasteiger partial charge in [0.25, 0.3) is 0 Å². The van der Waals surface area contributed by atoms with E-state index in [0.717, 1.165) is 56.2 Å². The number of furan rings is 1. The Morgan fingerprint density at radius 2 is 1.14 bits per heavy atom. The number of hydrogen-bond donors (Lipinski definition) is 0. The van der Waals surface area contributed by atoms with Crippen molar-refractivity contribution < 1.29 is 4.42 Å². The lowest BCUT2D eigenvalue weighted by atomic mass is 9.85. The standard InChI is InChI=1S/C47H31N3O/c1-3-13-30(14-4-1)36-27-28-40(43-39-21-11-12-22-42(39)51-44(36)43)47-49-45(32-15-5-2-6-16-32)48-46(50-47)33-25-23-31(24-26-33)41-29-34-17-7-8-18-35(34)37-19-9-10-20-38(37)41/h1-23,25-29,31H,24H2. The van der Waals surface area contributed by atoms with Gasteiger partial charge in [0.1, 0.15) is 11.2 Å². The zero-order valence-electron chi connectivity index (χ0n) is 27.7. The SMILES string of the molecule is C1=CC(c2cc3ccccc3c3ccccc23)CC=C1c1nc(-c2ccccc2)nc(-c2ccc(-c3ccccc3)c3oc4ccccc4c23)n1. The first kappa shape index (κ1) is 29.3. The van der Waals surface area contributed by atoms with E-state index in [2.05, 4.69) is 133 Å². The summed E-state index contributed by atoms with van der Waals surface area (Å²) in [5, 5.41) is 7.17. The molecule has 1 aliphatic rings. The maximum Gasteiger partial charge on any atom is 0.164 e. The summed E-state index contributed by atoms with van der Waals surface area (Å²) in [4.78, 5) is 15.4. The van der Waals surface area contributed by atoms with Gasteiger partial charge in [0, 0.05) is 39.0 Å². The topological polar surface area (TPSA) is 51.8 Å². The number of aromatic nitrogens is 3. The van der Waals surface area contributed by atoms with E-state index in [1.54, 1.807) is 0 Å². The summed E-state index contributed by atoms with van der Waals surface area (Å²) in [6.45, 7) is 0. The predicted octanol–water partition coefficient (Wildman–Crippen LogP) is 12.2. The molecule has 2 heterocycles. The van der Waals surface area contributed by atoms with Gasteiger partial charge >= 0.3 is 0 Å². The van der Waals surface area contributed by atoms with Gasteiger partial charge in [0.05, 0.1) is 0 Å². The van der Waals surface area contributed by atoms with E-state index in [4.69, 9.17) is 19.4 Å². The lowest BCUT2D eigenvalue weighted by Crippen LogP contribution is -2.05. The third-order valence-corrected chi connectivity index (χ3v) is 10.1. The van der Waals surface area contributed by atoms with E-state index < -0.39 is 0 Å². The molecular formula is C47H31N3O. The molecule has 1 unspecified atom stereocenters.